The summed E-state index contributed by atoms with van der Waals surface area (Å²) < 4.78 is 20.6. The second kappa shape index (κ2) is 6.07. The van der Waals surface area contributed by atoms with Crippen molar-refractivity contribution in [2.75, 3.05) is 7.11 Å². The summed E-state index contributed by atoms with van der Waals surface area (Å²) in [4.78, 5) is 0. The zero-order valence-electron chi connectivity index (χ0n) is 2.67. The van der Waals surface area contributed by atoms with Crippen LogP contribution in [0.4, 0.5) is 0 Å². The van der Waals surface area contributed by atoms with Gasteiger partial charge < -0.3 is 0 Å². The standard InChI is InChI=1S/CH4O3S.Na.H/c1-4-5(2)3;;/h1H3,(H,2,3);;. The van der Waals surface area contributed by atoms with Crippen LogP contribution in [0.5, 0.6) is 0 Å². The summed E-state index contributed by atoms with van der Waals surface area (Å²) in [5.41, 5.74) is 0. The average molecular weight is 120 g/mol. The van der Waals surface area contributed by atoms with Crippen molar-refractivity contribution in [3.05, 3.63) is 0 Å². The first-order valence-electron chi connectivity index (χ1n) is 0.924. The van der Waals surface area contributed by atoms with Crippen LogP contribution in [0.2, 0.25) is 0 Å². The van der Waals surface area contributed by atoms with Crippen LogP contribution in [0, 0.1) is 0 Å². The zero-order valence-corrected chi connectivity index (χ0v) is 3.49. The van der Waals surface area contributed by atoms with Crippen molar-refractivity contribution in [1.29, 1.82) is 0 Å². The molecule has 0 aliphatic heterocycles. The maximum atomic E-state index is 9.26. The van der Waals surface area contributed by atoms with Gasteiger partial charge in [-0.15, -0.1) is 0 Å². The van der Waals surface area contributed by atoms with Gasteiger partial charge in [-0.25, -0.2) is 0 Å². The summed E-state index contributed by atoms with van der Waals surface area (Å²) in [5.74, 6) is 0. The van der Waals surface area contributed by atoms with E-state index in [0.29, 0.717) is 0 Å². The Morgan fingerprint density at radius 3 is 2.00 bits per heavy atom. The molecular weight excluding hydrogens is 115 g/mol. The van der Waals surface area contributed by atoms with Gasteiger partial charge in [0, 0.05) is 0 Å². The summed E-state index contributed by atoms with van der Waals surface area (Å²) in [6.07, 6.45) is 0. The van der Waals surface area contributed by atoms with Gasteiger partial charge in [-0.2, -0.15) is 4.21 Å². The van der Waals surface area contributed by atoms with Gasteiger partial charge in [0.25, 0.3) is 0 Å². The topological polar surface area (TPSA) is 46.5 Å². The summed E-state index contributed by atoms with van der Waals surface area (Å²) in [5, 5.41) is 0. The predicted octanol–water partition coefficient (Wildman–Crippen LogP) is -0.879. The molecule has 0 aliphatic rings. The van der Waals surface area contributed by atoms with Crippen molar-refractivity contribution in [1.82, 2.24) is 0 Å². The molecule has 5 heteroatoms. The van der Waals surface area contributed by atoms with Gasteiger partial charge in [0.1, 0.15) is 0 Å². The molecule has 0 amide bonds. The first kappa shape index (κ1) is 10.1. The van der Waals surface area contributed by atoms with Crippen molar-refractivity contribution in [3.63, 3.8) is 0 Å². The van der Waals surface area contributed by atoms with Crippen LogP contribution in [-0.2, 0) is 15.5 Å². The summed E-state index contributed by atoms with van der Waals surface area (Å²) in [6, 6.07) is 0. The molecule has 1 unspecified atom stereocenters. The Morgan fingerprint density at radius 1 is 1.83 bits per heavy atom. The number of hydrogen-bond donors (Lipinski definition) is 1. The molecule has 0 spiro atoms. The van der Waals surface area contributed by atoms with Crippen LogP contribution in [-0.4, -0.2) is 45.4 Å². The molecule has 0 bridgehead atoms. The molecule has 0 heterocycles. The molecule has 0 aromatic carbocycles. The van der Waals surface area contributed by atoms with Crippen molar-refractivity contribution < 1.29 is 12.9 Å². The summed E-state index contributed by atoms with van der Waals surface area (Å²) >= 11 is -2.07. The van der Waals surface area contributed by atoms with Gasteiger partial charge in [-0.3, -0.25) is 8.74 Å². The van der Waals surface area contributed by atoms with Crippen LogP contribution in [0.25, 0.3) is 0 Å². The summed E-state index contributed by atoms with van der Waals surface area (Å²) in [7, 11) is 1.15. The van der Waals surface area contributed by atoms with Crippen LogP contribution in [0.3, 0.4) is 0 Å². The van der Waals surface area contributed by atoms with E-state index < -0.39 is 11.4 Å². The second-order valence-corrected chi connectivity index (χ2v) is 1.15. The average Bonchev–Trinajstić information content (AvgIpc) is 1.38. The summed E-state index contributed by atoms with van der Waals surface area (Å²) in [6.45, 7) is 0. The van der Waals surface area contributed by atoms with E-state index in [9.17, 15) is 4.21 Å². The second-order valence-electron chi connectivity index (χ2n) is 0.384. The van der Waals surface area contributed by atoms with Crippen molar-refractivity contribution in [2.45, 2.75) is 0 Å². The molecule has 0 fully saturated rings. The van der Waals surface area contributed by atoms with Gasteiger partial charge >= 0.3 is 40.9 Å². The molecule has 1 atom stereocenters. The van der Waals surface area contributed by atoms with E-state index in [2.05, 4.69) is 4.18 Å². The fraction of sp³-hybridized carbons (Fsp3) is 1.00. The van der Waals surface area contributed by atoms with E-state index in [4.69, 9.17) is 4.55 Å². The Balaban J connectivity index is 0. The molecule has 0 aromatic heterocycles. The SMILES string of the molecule is COS(=O)O.[NaH]. The maximum absolute atomic E-state index is 9.26. The quantitative estimate of drug-likeness (QED) is 0.361. The van der Waals surface area contributed by atoms with Gasteiger partial charge in [0.15, 0.2) is 0 Å². The van der Waals surface area contributed by atoms with Crippen molar-refractivity contribution in [3.8, 4) is 0 Å². The minimum absolute atomic E-state index is 0. The minimum atomic E-state index is -2.07. The van der Waals surface area contributed by atoms with Crippen LogP contribution in [0.1, 0.15) is 0 Å². The number of hydrogen-bond acceptors (Lipinski definition) is 2. The third-order valence-corrected chi connectivity index (χ3v) is 0.428. The Labute approximate surface area is 60.9 Å². The number of rotatable bonds is 1. The first-order valence-corrected chi connectivity index (χ1v) is 1.96. The molecule has 0 aromatic rings. The van der Waals surface area contributed by atoms with Crippen molar-refractivity contribution >= 4 is 40.9 Å². The Morgan fingerprint density at radius 2 is 2.00 bits per heavy atom. The van der Waals surface area contributed by atoms with E-state index >= 15 is 0 Å². The van der Waals surface area contributed by atoms with Crippen LogP contribution in [0.15, 0.2) is 0 Å². The molecule has 0 rings (SSSR count). The molecule has 1 N–H and O–H groups in total. The normalized spacial score (nSPS) is 12.3. The van der Waals surface area contributed by atoms with Gasteiger partial charge in [0.2, 0.25) is 0 Å². The van der Waals surface area contributed by atoms with Crippen LogP contribution < -0.4 is 0 Å². The van der Waals surface area contributed by atoms with E-state index in [1.807, 2.05) is 0 Å². The van der Waals surface area contributed by atoms with E-state index in [-0.39, 0.29) is 29.6 Å². The van der Waals surface area contributed by atoms with Crippen LogP contribution >= 0.6 is 0 Å². The van der Waals surface area contributed by atoms with Gasteiger partial charge in [0.05, 0.1) is 7.11 Å². The third-order valence-electron chi connectivity index (χ3n) is 0.143. The molecule has 0 radical (unpaired) electrons. The Kier molecular flexibility index (Phi) is 10.3. The van der Waals surface area contributed by atoms with Gasteiger partial charge in [-0.1, -0.05) is 0 Å². The molecule has 0 saturated heterocycles. The van der Waals surface area contributed by atoms with Crippen molar-refractivity contribution in [2.24, 2.45) is 0 Å². The fourth-order valence-electron chi connectivity index (χ4n) is 0. The Bertz CT molecular complexity index is 46.1. The fourth-order valence-corrected chi connectivity index (χ4v) is 0. The monoisotopic (exact) mass is 120 g/mol. The predicted molar refractivity (Wildman–Crippen MR) is 24.9 cm³/mol. The Hall–Kier alpha value is 1.07. The zero-order chi connectivity index (χ0) is 4.28. The van der Waals surface area contributed by atoms with E-state index in [0.717, 1.165) is 7.11 Å². The molecule has 0 saturated carbocycles. The van der Waals surface area contributed by atoms with Gasteiger partial charge in [-0.05, 0) is 0 Å². The van der Waals surface area contributed by atoms with E-state index in [1.54, 1.807) is 0 Å². The molecule has 34 valence electrons. The molecule has 6 heavy (non-hydrogen) atoms. The molecule has 0 aliphatic carbocycles. The molecule has 3 nitrogen and oxygen atoms in total. The molecular formula is CH5NaO3S. The van der Waals surface area contributed by atoms with E-state index in [1.165, 1.54) is 0 Å². The first-order chi connectivity index (χ1) is 2.27. The third kappa shape index (κ3) is 8.91.